The predicted octanol–water partition coefficient (Wildman–Crippen LogP) is 3.98. The van der Waals surface area contributed by atoms with Crippen LogP contribution in [0.3, 0.4) is 0 Å². The zero-order valence-electron chi connectivity index (χ0n) is 11.1. The standard InChI is InChI=1S/C17H16O2/c1-13(12-14-6-4-3-5-7-14)17(18)15-8-10-16(19-2)11-9-15/h3-12H,1-2H3. The molecule has 96 valence electrons. The number of methoxy groups -OCH3 is 1. The molecule has 0 radical (unpaired) electrons. The topological polar surface area (TPSA) is 26.3 Å². The van der Waals surface area contributed by atoms with Gasteiger partial charge in [-0.3, -0.25) is 4.79 Å². The molecule has 0 atom stereocenters. The van der Waals surface area contributed by atoms with Crippen molar-refractivity contribution in [3.63, 3.8) is 0 Å². The second-order valence-corrected chi connectivity index (χ2v) is 4.30. The summed E-state index contributed by atoms with van der Waals surface area (Å²) in [6.07, 6.45) is 1.90. The van der Waals surface area contributed by atoms with Gasteiger partial charge in [0.15, 0.2) is 5.78 Å². The first-order valence-electron chi connectivity index (χ1n) is 6.13. The van der Waals surface area contributed by atoms with E-state index < -0.39 is 0 Å². The Kier molecular flexibility index (Phi) is 4.14. The lowest BCUT2D eigenvalue weighted by Crippen LogP contribution is -2.00. The number of carbonyl (C=O) groups is 1. The highest BCUT2D eigenvalue weighted by Gasteiger charge is 2.08. The van der Waals surface area contributed by atoms with Gasteiger partial charge in [-0.15, -0.1) is 0 Å². The molecule has 2 rings (SSSR count). The molecule has 0 fully saturated rings. The van der Waals surface area contributed by atoms with Crippen LogP contribution in [0.4, 0.5) is 0 Å². The van der Waals surface area contributed by atoms with Gasteiger partial charge in [0.2, 0.25) is 0 Å². The second-order valence-electron chi connectivity index (χ2n) is 4.30. The lowest BCUT2D eigenvalue weighted by atomic mass is 10.0. The van der Waals surface area contributed by atoms with Crippen LogP contribution >= 0.6 is 0 Å². The maximum atomic E-state index is 12.2. The van der Waals surface area contributed by atoms with Crippen molar-refractivity contribution in [1.82, 2.24) is 0 Å². The largest absolute Gasteiger partial charge is 0.497 e. The molecule has 0 N–H and O–H groups in total. The van der Waals surface area contributed by atoms with Crippen molar-refractivity contribution >= 4 is 11.9 Å². The van der Waals surface area contributed by atoms with Gasteiger partial charge in [0, 0.05) is 5.56 Å². The van der Waals surface area contributed by atoms with Gasteiger partial charge < -0.3 is 4.74 Å². The minimum atomic E-state index is 0.0338. The molecule has 0 aliphatic carbocycles. The molecular formula is C17H16O2. The molecule has 0 unspecified atom stereocenters. The maximum absolute atomic E-state index is 12.2. The molecule has 2 heteroatoms. The van der Waals surface area contributed by atoms with Gasteiger partial charge in [0.05, 0.1) is 7.11 Å². The van der Waals surface area contributed by atoms with E-state index in [0.717, 1.165) is 16.9 Å². The van der Waals surface area contributed by atoms with E-state index in [1.807, 2.05) is 43.3 Å². The van der Waals surface area contributed by atoms with E-state index in [4.69, 9.17) is 4.74 Å². The van der Waals surface area contributed by atoms with E-state index in [2.05, 4.69) is 0 Å². The Morgan fingerprint density at radius 1 is 1.00 bits per heavy atom. The summed E-state index contributed by atoms with van der Waals surface area (Å²) in [5, 5.41) is 0. The summed E-state index contributed by atoms with van der Waals surface area (Å²) in [4.78, 5) is 12.2. The number of carbonyl (C=O) groups excluding carboxylic acids is 1. The zero-order chi connectivity index (χ0) is 13.7. The Morgan fingerprint density at radius 3 is 2.21 bits per heavy atom. The summed E-state index contributed by atoms with van der Waals surface area (Å²) in [5.74, 6) is 0.785. The molecule has 0 aromatic heterocycles. The van der Waals surface area contributed by atoms with Crippen LogP contribution in [-0.4, -0.2) is 12.9 Å². The Morgan fingerprint density at radius 2 is 1.63 bits per heavy atom. The van der Waals surface area contributed by atoms with Gasteiger partial charge in [0.1, 0.15) is 5.75 Å². The van der Waals surface area contributed by atoms with Gasteiger partial charge in [-0.1, -0.05) is 30.3 Å². The Labute approximate surface area is 113 Å². The molecule has 19 heavy (non-hydrogen) atoms. The highest BCUT2D eigenvalue weighted by Crippen LogP contribution is 2.16. The number of rotatable bonds is 4. The molecule has 2 aromatic rings. The fourth-order valence-corrected chi connectivity index (χ4v) is 1.83. The number of ketones is 1. The second kappa shape index (κ2) is 6.01. The van der Waals surface area contributed by atoms with Crippen molar-refractivity contribution < 1.29 is 9.53 Å². The first-order chi connectivity index (χ1) is 9.20. The minimum Gasteiger partial charge on any atom is -0.497 e. The summed E-state index contributed by atoms with van der Waals surface area (Å²) in [6.45, 7) is 1.83. The summed E-state index contributed by atoms with van der Waals surface area (Å²) in [6, 6.07) is 17.0. The molecule has 0 saturated carbocycles. The van der Waals surface area contributed by atoms with E-state index in [-0.39, 0.29) is 5.78 Å². The van der Waals surface area contributed by atoms with Crippen LogP contribution in [0, 0.1) is 0 Å². The fraction of sp³-hybridized carbons (Fsp3) is 0.118. The number of hydrogen-bond acceptors (Lipinski definition) is 2. The van der Waals surface area contributed by atoms with Crippen LogP contribution in [0.2, 0.25) is 0 Å². The van der Waals surface area contributed by atoms with Crippen LogP contribution in [0.5, 0.6) is 5.75 Å². The predicted molar refractivity (Wildman–Crippen MR) is 77.4 cm³/mol. The van der Waals surface area contributed by atoms with E-state index in [9.17, 15) is 4.79 Å². The maximum Gasteiger partial charge on any atom is 0.188 e. The third-order valence-electron chi connectivity index (χ3n) is 2.89. The summed E-state index contributed by atoms with van der Waals surface area (Å²) >= 11 is 0. The number of allylic oxidation sites excluding steroid dienone is 1. The van der Waals surface area contributed by atoms with Crippen molar-refractivity contribution in [3.05, 3.63) is 71.3 Å². The first kappa shape index (κ1) is 13.1. The van der Waals surface area contributed by atoms with Crippen molar-refractivity contribution in [2.75, 3.05) is 7.11 Å². The highest BCUT2D eigenvalue weighted by molar-refractivity contribution is 6.10. The Bertz CT molecular complexity index is 580. The van der Waals surface area contributed by atoms with Crippen molar-refractivity contribution in [2.45, 2.75) is 6.92 Å². The van der Waals surface area contributed by atoms with Gasteiger partial charge >= 0.3 is 0 Å². The number of benzene rings is 2. The average Bonchev–Trinajstić information content (AvgIpc) is 2.47. The molecule has 0 aliphatic heterocycles. The average molecular weight is 252 g/mol. The van der Waals surface area contributed by atoms with Gasteiger partial charge in [-0.2, -0.15) is 0 Å². The minimum absolute atomic E-state index is 0.0338. The molecule has 0 saturated heterocycles. The van der Waals surface area contributed by atoms with Crippen LogP contribution in [-0.2, 0) is 0 Å². The smallest absolute Gasteiger partial charge is 0.188 e. The van der Waals surface area contributed by atoms with Crippen molar-refractivity contribution in [2.24, 2.45) is 0 Å². The lowest BCUT2D eigenvalue weighted by molar-refractivity contribution is 0.103. The quantitative estimate of drug-likeness (QED) is 0.607. The third kappa shape index (κ3) is 3.32. The van der Waals surface area contributed by atoms with E-state index in [1.165, 1.54) is 0 Å². The first-order valence-corrected chi connectivity index (χ1v) is 6.13. The van der Waals surface area contributed by atoms with Gasteiger partial charge in [-0.25, -0.2) is 0 Å². The Balaban J connectivity index is 2.21. The number of hydrogen-bond donors (Lipinski definition) is 0. The summed E-state index contributed by atoms with van der Waals surface area (Å²) < 4.78 is 5.08. The zero-order valence-corrected chi connectivity index (χ0v) is 11.1. The fourth-order valence-electron chi connectivity index (χ4n) is 1.83. The van der Waals surface area contributed by atoms with E-state index in [0.29, 0.717) is 5.56 Å². The van der Waals surface area contributed by atoms with Gasteiger partial charge in [-0.05, 0) is 48.4 Å². The molecule has 2 nitrogen and oxygen atoms in total. The SMILES string of the molecule is COc1ccc(C(=O)C(C)=Cc2ccccc2)cc1. The molecule has 0 bridgehead atoms. The number of ether oxygens (including phenoxy) is 1. The van der Waals surface area contributed by atoms with E-state index >= 15 is 0 Å². The van der Waals surface area contributed by atoms with Crippen LogP contribution in [0.1, 0.15) is 22.8 Å². The lowest BCUT2D eigenvalue weighted by Gasteiger charge is -2.03. The monoisotopic (exact) mass is 252 g/mol. The molecule has 0 heterocycles. The third-order valence-corrected chi connectivity index (χ3v) is 2.89. The summed E-state index contributed by atoms with van der Waals surface area (Å²) in [7, 11) is 1.61. The molecule has 0 amide bonds. The van der Waals surface area contributed by atoms with Crippen LogP contribution in [0.15, 0.2) is 60.2 Å². The highest BCUT2D eigenvalue weighted by atomic mass is 16.5. The van der Waals surface area contributed by atoms with Crippen molar-refractivity contribution in [3.8, 4) is 5.75 Å². The van der Waals surface area contributed by atoms with Crippen molar-refractivity contribution in [1.29, 1.82) is 0 Å². The molecule has 0 aliphatic rings. The van der Waals surface area contributed by atoms with Crippen LogP contribution < -0.4 is 4.74 Å². The molecule has 0 spiro atoms. The van der Waals surface area contributed by atoms with Gasteiger partial charge in [0.25, 0.3) is 0 Å². The molecular weight excluding hydrogens is 236 g/mol. The summed E-state index contributed by atoms with van der Waals surface area (Å²) in [5.41, 5.74) is 2.42. The van der Waals surface area contributed by atoms with Crippen LogP contribution in [0.25, 0.3) is 6.08 Å². The van der Waals surface area contributed by atoms with E-state index in [1.54, 1.807) is 31.4 Å². The molecule has 2 aromatic carbocycles. The number of Topliss-reactive ketones (excluding diaryl/α,β-unsaturated/α-hetero) is 1. The normalized spacial score (nSPS) is 11.2. The Hall–Kier alpha value is -2.35.